The fraction of sp³-hybridized carbons (Fsp3) is 0.529. The largest absolute Gasteiger partial charge is 0.347 e. The van der Waals surface area contributed by atoms with Crippen molar-refractivity contribution in [2.75, 3.05) is 43.4 Å². The lowest BCUT2D eigenvalue weighted by Gasteiger charge is -2.38. The predicted molar refractivity (Wildman–Crippen MR) is 93.8 cm³/mol. The van der Waals surface area contributed by atoms with Crippen LogP contribution in [0, 0.1) is 11.3 Å². The molecule has 0 atom stereocenters. The molecule has 2 aliphatic heterocycles. The Morgan fingerprint density at radius 2 is 1.96 bits per heavy atom. The van der Waals surface area contributed by atoms with Crippen LogP contribution in [0.4, 0.5) is 5.69 Å². The van der Waals surface area contributed by atoms with Crippen molar-refractivity contribution >= 4 is 21.6 Å². The van der Waals surface area contributed by atoms with Gasteiger partial charge in [0.25, 0.3) is 0 Å². The van der Waals surface area contributed by atoms with Crippen LogP contribution >= 0.6 is 0 Å². The Morgan fingerprint density at radius 1 is 1.31 bits per heavy atom. The van der Waals surface area contributed by atoms with Gasteiger partial charge in [-0.3, -0.25) is 9.10 Å². The van der Waals surface area contributed by atoms with Crippen LogP contribution in [0.2, 0.25) is 0 Å². The number of ether oxygens (including phenoxy) is 2. The number of carbonyl (C=O) groups excluding carboxylic acids is 1. The van der Waals surface area contributed by atoms with Crippen LogP contribution in [0.1, 0.15) is 18.4 Å². The second-order valence-electron chi connectivity index (χ2n) is 6.42. The summed E-state index contributed by atoms with van der Waals surface area (Å²) >= 11 is 0. The molecule has 26 heavy (non-hydrogen) atoms. The molecule has 2 saturated heterocycles. The monoisotopic (exact) mass is 379 g/mol. The maximum atomic E-state index is 12.7. The number of amides is 1. The van der Waals surface area contributed by atoms with E-state index in [2.05, 4.69) is 0 Å². The van der Waals surface area contributed by atoms with Crippen LogP contribution in [-0.2, 0) is 24.3 Å². The zero-order chi connectivity index (χ0) is 18.8. The van der Waals surface area contributed by atoms with Gasteiger partial charge in [-0.25, -0.2) is 8.42 Å². The number of rotatable bonds is 4. The summed E-state index contributed by atoms with van der Waals surface area (Å²) in [6.45, 7) is 1.72. The lowest BCUT2D eigenvalue weighted by Crippen LogP contribution is -2.50. The normalized spacial score (nSPS) is 19.3. The quantitative estimate of drug-likeness (QED) is 0.763. The van der Waals surface area contributed by atoms with Crippen molar-refractivity contribution in [3.05, 3.63) is 29.8 Å². The van der Waals surface area contributed by atoms with Crippen LogP contribution in [0.5, 0.6) is 0 Å². The van der Waals surface area contributed by atoms with E-state index in [0.717, 1.165) is 10.6 Å². The van der Waals surface area contributed by atoms with Gasteiger partial charge in [-0.2, -0.15) is 5.26 Å². The predicted octanol–water partition coefficient (Wildman–Crippen LogP) is 0.690. The summed E-state index contributed by atoms with van der Waals surface area (Å²) in [6, 6.07) is 8.18. The van der Waals surface area contributed by atoms with E-state index in [9.17, 15) is 13.2 Å². The van der Waals surface area contributed by atoms with Gasteiger partial charge >= 0.3 is 0 Å². The molecule has 1 aromatic carbocycles. The Labute approximate surface area is 152 Å². The number of anilines is 1. The molecule has 1 spiro atoms. The summed E-state index contributed by atoms with van der Waals surface area (Å²) < 4.78 is 36.7. The van der Waals surface area contributed by atoms with Gasteiger partial charge in [0.1, 0.15) is 6.54 Å². The lowest BCUT2D eigenvalue weighted by atomic mass is 10.0. The number of nitrogens with zero attached hydrogens (tertiary/aromatic N) is 3. The highest BCUT2D eigenvalue weighted by Crippen LogP contribution is 2.31. The molecule has 0 unspecified atom stereocenters. The van der Waals surface area contributed by atoms with Crippen molar-refractivity contribution in [3.63, 3.8) is 0 Å². The molecule has 2 heterocycles. The highest BCUT2D eigenvalue weighted by molar-refractivity contribution is 7.92. The Balaban J connectivity index is 1.71. The summed E-state index contributed by atoms with van der Waals surface area (Å²) in [4.78, 5) is 14.3. The molecule has 9 heteroatoms. The van der Waals surface area contributed by atoms with E-state index in [0.29, 0.717) is 50.4 Å². The summed E-state index contributed by atoms with van der Waals surface area (Å²) in [5.74, 6) is -0.875. The van der Waals surface area contributed by atoms with Crippen LogP contribution in [0.3, 0.4) is 0 Å². The van der Waals surface area contributed by atoms with Gasteiger partial charge in [-0.05, 0) is 18.2 Å². The molecule has 3 rings (SSSR count). The zero-order valence-corrected chi connectivity index (χ0v) is 15.4. The van der Waals surface area contributed by atoms with Crippen LogP contribution < -0.4 is 4.31 Å². The van der Waals surface area contributed by atoms with Gasteiger partial charge in [0.2, 0.25) is 15.9 Å². The summed E-state index contributed by atoms with van der Waals surface area (Å²) in [7, 11) is -3.67. The molecule has 140 valence electrons. The van der Waals surface area contributed by atoms with Crippen LogP contribution in [0.15, 0.2) is 24.3 Å². The van der Waals surface area contributed by atoms with E-state index in [1.54, 1.807) is 23.1 Å². The number of likely N-dealkylation sites (tertiary alicyclic amines) is 1. The first kappa shape index (κ1) is 18.6. The Kier molecular flexibility index (Phi) is 5.18. The SMILES string of the molecule is CS(=O)(=O)N(CC(=O)N1CCC2(CC1)OCCO2)c1cccc(C#N)c1. The van der Waals surface area contributed by atoms with E-state index in [1.165, 1.54) is 6.07 Å². The third-order valence-electron chi connectivity index (χ3n) is 4.63. The fourth-order valence-electron chi connectivity index (χ4n) is 3.24. The van der Waals surface area contributed by atoms with Gasteiger partial charge in [0, 0.05) is 25.9 Å². The number of sulfonamides is 1. The van der Waals surface area contributed by atoms with Crippen molar-refractivity contribution in [3.8, 4) is 6.07 Å². The molecular formula is C17H21N3O5S. The topological polar surface area (TPSA) is 99.9 Å². The van der Waals surface area contributed by atoms with Crippen molar-refractivity contribution in [2.45, 2.75) is 18.6 Å². The lowest BCUT2D eigenvalue weighted by molar-refractivity contribution is -0.187. The third-order valence-corrected chi connectivity index (χ3v) is 5.77. The van der Waals surface area contributed by atoms with Crippen molar-refractivity contribution in [1.29, 1.82) is 5.26 Å². The molecule has 1 aromatic rings. The maximum Gasteiger partial charge on any atom is 0.243 e. The van der Waals surface area contributed by atoms with Crippen molar-refractivity contribution < 1.29 is 22.7 Å². The molecule has 8 nitrogen and oxygen atoms in total. The molecule has 0 aliphatic carbocycles. The molecular weight excluding hydrogens is 358 g/mol. The van der Waals surface area contributed by atoms with Crippen molar-refractivity contribution in [2.24, 2.45) is 0 Å². The molecule has 2 fully saturated rings. The minimum atomic E-state index is -3.67. The first-order valence-electron chi connectivity index (χ1n) is 8.37. The van der Waals surface area contributed by atoms with E-state index >= 15 is 0 Å². The minimum Gasteiger partial charge on any atom is -0.347 e. The average molecular weight is 379 g/mol. The molecule has 0 radical (unpaired) electrons. The molecule has 0 bridgehead atoms. The van der Waals surface area contributed by atoms with Crippen LogP contribution in [0.25, 0.3) is 0 Å². The number of carbonyl (C=O) groups is 1. The minimum absolute atomic E-state index is 0.286. The number of nitriles is 1. The van der Waals surface area contributed by atoms with Gasteiger partial charge in [-0.1, -0.05) is 6.07 Å². The number of hydrogen-bond donors (Lipinski definition) is 0. The van der Waals surface area contributed by atoms with Gasteiger partial charge in [0.05, 0.1) is 36.8 Å². The highest BCUT2D eigenvalue weighted by atomic mass is 32.2. The fourth-order valence-corrected chi connectivity index (χ4v) is 4.08. The molecule has 0 saturated carbocycles. The van der Waals surface area contributed by atoms with E-state index in [-0.39, 0.29) is 12.5 Å². The highest BCUT2D eigenvalue weighted by Gasteiger charge is 2.41. The Morgan fingerprint density at radius 3 is 2.54 bits per heavy atom. The van der Waals surface area contributed by atoms with E-state index in [4.69, 9.17) is 14.7 Å². The molecule has 1 amide bonds. The number of piperidine rings is 1. The maximum absolute atomic E-state index is 12.7. The first-order valence-corrected chi connectivity index (χ1v) is 10.2. The number of hydrogen-bond acceptors (Lipinski definition) is 6. The summed E-state index contributed by atoms with van der Waals surface area (Å²) in [6.07, 6.45) is 2.19. The second kappa shape index (κ2) is 7.23. The van der Waals surface area contributed by atoms with Crippen molar-refractivity contribution in [1.82, 2.24) is 4.90 Å². The number of benzene rings is 1. The third kappa shape index (κ3) is 3.98. The summed E-state index contributed by atoms with van der Waals surface area (Å²) in [5.41, 5.74) is 0.634. The Hall–Kier alpha value is -2.15. The van der Waals surface area contributed by atoms with Gasteiger partial charge in [-0.15, -0.1) is 0 Å². The average Bonchev–Trinajstić information content (AvgIpc) is 3.07. The smallest absolute Gasteiger partial charge is 0.243 e. The molecule has 2 aliphatic rings. The van der Waals surface area contributed by atoms with E-state index in [1.807, 2.05) is 6.07 Å². The first-order chi connectivity index (χ1) is 12.3. The Bertz CT molecular complexity index is 817. The second-order valence-corrected chi connectivity index (χ2v) is 8.33. The molecule has 0 aromatic heterocycles. The standard InChI is InChI=1S/C17H21N3O5S/c1-26(22,23)20(15-4-2-3-14(11-15)12-18)13-16(21)19-7-5-17(6-8-19)24-9-10-25-17/h2-4,11H,5-10,13H2,1H3. The zero-order valence-electron chi connectivity index (χ0n) is 14.6. The van der Waals surface area contributed by atoms with E-state index < -0.39 is 15.8 Å². The molecule has 0 N–H and O–H groups in total. The summed E-state index contributed by atoms with van der Waals surface area (Å²) in [5, 5.41) is 9.02. The van der Waals surface area contributed by atoms with Crippen LogP contribution in [-0.4, -0.2) is 64.1 Å². The van der Waals surface area contributed by atoms with Gasteiger partial charge < -0.3 is 14.4 Å². The van der Waals surface area contributed by atoms with Gasteiger partial charge in [0.15, 0.2) is 5.79 Å².